The van der Waals surface area contributed by atoms with Crippen molar-refractivity contribution in [1.29, 1.82) is 10.5 Å². The normalized spacial score (nSPS) is 10.3. The van der Waals surface area contributed by atoms with Gasteiger partial charge in [0.1, 0.15) is 28.7 Å². The first-order valence-electron chi connectivity index (χ1n) is 21.2. The second kappa shape index (κ2) is 25.8. The van der Waals surface area contributed by atoms with Crippen LogP contribution in [0.15, 0.2) is 123 Å². The summed E-state index contributed by atoms with van der Waals surface area (Å²) in [7, 11) is 1.68. The van der Waals surface area contributed by atoms with E-state index >= 15 is 0 Å². The van der Waals surface area contributed by atoms with Gasteiger partial charge in [-0.3, -0.25) is 23.3 Å². The van der Waals surface area contributed by atoms with Crippen LogP contribution in [0.1, 0.15) is 23.9 Å². The summed E-state index contributed by atoms with van der Waals surface area (Å²) in [6.07, 6.45) is 18.7. The van der Waals surface area contributed by atoms with Gasteiger partial charge in [0.15, 0.2) is 11.5 Å². The maximum Gasteiger partial charge on any atom is 0.229 e. The number of aromatic nitrogens is 14. The molecule has 23 nitrogen and oxygen atoms in total. The number of hydrogen-bond donors (Lipinski definition) is 5. The number of ether oxygens (including phenoxy) is 2. The SMILES string of the molecule is CCOc1ccc(-n2c(N)nc3cnc(Nc4cnn(CCn5cccn5)c4)nc32)cc1.COCc1ccc(Nc2nc(Cc3cnn(CCn4cccn4)c3)ncc2N)cc1.N#CBr.N#CCO. The lowest BCUT2D eigenvalue weighted by atomic mass is 10.2. The highest BCUT2D eigenvalue weighted by molar-refractivity contribution is 9.12. The first-order chi connectivity index (χ1) is 33.7. The Balaban J connectivity index is 0.000000200. The van der Waals surface area contributed by atoms with E-state index in [2.05, 4.69) is 71.9 Å². The number of anilines is 6. The van der Waals surface area contributed by atoms with Gasteiger partial charge < -0.3 is 36.7 Å². The quantitative estimate of drug-likeness (QED) is 0.0690. The molecule has 354 valence electrons. The Morgan fingerprint density at radius 1 is 0.739 bits per heavy atom. The number of halogens is 1. The summed E-state index contributed by atoms with van der Waals surface area (Å²) in [5.74, 6) is 2.82. The molecule has 7 heterocycles. The number of nitrogens with two attached hydrogens (primary N) is 2. The number of imidazole rings is 1. The van der Waals surface area contributed by atoms with Crippen molar-refractivity contribution in [3.8, 4) is 22.5 Å². The lowest BCUT2D eigenvalue weighted by molar-refractivity contribution is 0.185. The average Bonchev–Trinajstić information content (AvgIpc) is 4.23. The smallest absolute Gasteiger partial charge is 0.229 e. The van der Waals surface area contributed by atoms with Crippen molar-refractivity contribution in [1.82, 2.24) is 68.6 Å². The first kappa shape index (κ1) is 49.7. The summed E-state index contributed by atoms with van der Waals surface area (Å²) >= 11 is 2.45. The fourth-order valence-corrected chi connectivity index (χ4v) is 6.42. The van der Waals surface area contributed by atoms with Crippen molar-refractivity contribution in [3.05, 3.63) is 140 Å². The Kier molecular flexibility index (Phi) is 18.6. The molecule has 0 bridgehead atoms. The molecule has 69 heavy (non-hydrogen) atoms. The molecule has 0 saturated heterocycles. The first-order valence-corrected chi connectivity index (χ1v) is 21.9. The van der Waals surface area contributed by atoms with Crippen LogP contribution in [0.2, 0.25) is 0 Å². The van der Waals surface area contributed by atoms with Gasteiger partial charge in [-0.15, -0.1) is 0 Å². The average molecular weight is 998 g/mol. The zero-order valence-electron chi connectivity index (χ0n) is 37.7. The lowest BCUT2D eigenvalue weighted by Crippen LogP contribution is -2.08. The van der Waals surface area contributed by atoms with E-state index in [4.69, 9.17) is 36.6 Å². The van der Waals surface area contributed by atoms with Gasteiger partial charge in [-0.25, -0.2) is 19.9 Å². The number of aryl methyl sites for hydroxylation is 4. The summed E-state index contributed by atoms with van der Waals surface area (Å²) < 4.78 is 19.9. The molecular weight excluding hydrogens is 949 g/mol. The van der Waals surface area contributed by atoms with E-state index in [0.717, 1.165) is 53.6 Å². The van der Waals surface area contributed by atoms with Crippen molar-refractivity contribution in [2.24, 2.45) is 0 Å². The minimum atomic E-state index is -0.375. The van der Waals surface area contributed by atoms with E-state index in [1.807, 2.05) is 117 Å². The molecule has 2 aromatic carbocycles. The molecule has 9 rings (SSSR count). The Morgan fingerprint density at radius 2 is 1.39 bits per heavy atom. The van der Waals surface area contributed by atoms with Gasteiger partial charge in [-0.2, -0.15) is 35.9 Å². The third-order valence-corrected chi connectivity index (χ3v) is 9.47. The second-order valence-electron chi connectivity index (χ2n) is 14.3. The number of nitrogens with one attached hydrogen (secondary N) is 2. The highest BCUT2D eigenvalue weighted by Crippen LogP contribution is 2.25. The van der Waals surface area contributed by atoms with Crippen LogP contribution >= 0.6 is 15.9 Å². The zero-order valence-corrected chi connectivity index (χ0v) is 39.2. The minimum Gasteiger partial charge on any atom is -0.494 e. The van der Waals surface area contributed by atoms with Crippen molar-refractivity contribution in [3.63, 3.8) is 0 Å². The van der Waals surface area contributed by atoms with Crippen LogP contribution in [-0.2, 0) is 43.9 Å². The van der Waals surface area contributed by atoms with Gasteiger partial charge >= 0.3 is 0 Å². The van der Waals surface area contributed by atoms with Crippen LogP contribution in [0.3, 0.4) is 0 Å². The molecule has 7 aromatic heterocycles. The molecule has 0 saturated carbocycles. The van der Waals surface area contributed by atoms with Gasteiger partial charge in [0.2, 0.25) is 11.9 Å². The van der Waals surface area contributed by atoms with Crippen molar-refractivity contribution < 1.29 is 14.6 Å². The van der Waals surface area contributed by atoms with Crippen LogP contribution in [0, 0.1) is 21.6 Å². The third kappa shape index (κ3) is 14.9. The molecule has 0 spiro atoms. The number of rotatable bonds is 17. The molecule has 0 atom stereocenters. The third-order valence-electron chi connectivity index (χ3n) is 9.47. The maximum absolute atomic E-state index is 7.51. The van der Waals surface area contributed by atoms with Crippen LogP contribution in [0.4, 0.5) is 34.8 Å². The van der Waals surface area contributed by atoms with E-state index in [-0.39, 0.29) is 6.61 Å². The van der Waals surface area contributed by atoms with Gasteiger partial charge in [0.05, 0.1) is 87.3 Å². The monoisotopic (exact) mass is 996 g/mol. The summed E-state index contributed by atoms with van der Waals surface area (Å²) in [6.45, 7) is 5.71. The Hall–Kier alpha value is -8.71. The highest BCUT2D eigenvalue weighted by atomic mass is 79.9. The van der Waals surface area contributed by atoms with Crippen molar-refractivity contribution >= 4 is 61.9 Å². The molecule has 0 fully saturated rings. The number of nitriles is 2. The minimum absolute atomic E-state index is 0.335. The van der Waals surface area contributed by atoms with E-state index in [1.54, 1.807) is 47.6 Å². The largest absolute Gasteiger partial charge is 0.494 e. The molecule has 0 amide bonds. The standard InChI is InChI=1S/C21H22N10O.C21H24N8O.C2H3NO.CBrN/c1-2-32-17-6-4-16(5-7-17)31-19-18(27-20(31)22)13-23-21(28-19)26-15-12-25-30(14-15)11-10-29-9-3-8-24-29;1-30-15-16-3-5-18(6-4-16)26-21-19(22)13-23-20(27-21)11-17-12-25-29(14-17)10-9-28-8-2-7-24-28;3-1-2-4;2-1-3/h3-9,12-14H,2,10-11H2,1H3,(H2,22,27)(H,23,26,28);2-8,12-14H,9-11,15,22H2,1H3,(H,23,26,27);4H,2H2;. The summed E-state index contributed by atoms with van der Waals surface area (Å²) in [6, 6.07) is 20.9. The zero-order chi connectivity index (χ0) is 48.8. The van der Waals surface area contributed by atoms with Crippen molar-refractivity contribution in [2.75, 3.05) is 42.4 Å². The van der Waals surface area contributed by atoms with Gasteiger partial charge in [-0.1, -0.05) is 12.1 Å². The maximum atomic E-state index is 7.51. The van der Waals surface area contributed by atoms with Crippen LogP contribution in [-0.4, -0.2) is 94.0 Å². The summed E-state index contributed by atoms with van der Waals surface area (Å²) in [4.78, 5) is 23.9. The molecule has 0 aliphatic rings. The van der Waals surface area contributed by atoms with Crippen molar-refractivity contribution in [2.45, 2.75) is 46.1 Å². The summed E-state index contributed by atoms with van der Waals surface area (Å²) in [5, 5.41) is 45.8. The number of nitrogen functional groups attached to an aromatic ring is 2. The molecule has 9 aromatic rings. The number of aliphatic hydroxyl groups is 1. The summed E-state index contributed by atoms with van der Waals surface area (Å²) in [5.41, 5.74) is 18.6. The molecule has 0 unspecified atom stereocenters. The van der Waals surface area contributed by atoms with Crippen LogP contribution in [0.25, 0.3) is 16.9 Å². The van der Waals surface area contributed by atoms with Gasteiger partial charge in [-0.05, 0) is 66.6 Å². The van der Waals surface area contributed by atoms with Gasteiger partial charge in [0.25, 0.3) is 0 Å². The molecule has 0 aliphatic carbocycles. The number of aliphatic hydroxyl groups excluding tert-OH is 1. The lowest BCUT2D eigenvalue weighted by Gasteiger charge is -2.10. The fourth-order valence-electron chi connectivity index (χ4n) is 6.42. The molecule has 24 heteroatoms. The second-order valence-corrected chi connectivity index (χ2v) is 14.7. The molecule has 0 radical (unpaired) electrons. The van der Waals surface area contributed by atoms with Gasteiger partial charge in [0, 0.05) is 72.3 Å². The molecule has 0 aliphatic heterocycles. The number of methoxy groups -OCH3 is 1. The Bertz CT molecular complexity index is 3010. The number of fused-ring (bicyclic) bond motifs is 1. The van der Waals surface area contributed by atoms with E-state index in [0.29, 0.717) is 66.6 Å². The van der Waals surface area contributed by atoms with Crippen LogP contribution in [0.5, 0.6) is 5.75 Å². The van der Waals surface area contributed by atoms with E-state index in [9.17, 15) is 0 Å². The van der Waals surface area contributed by atoms with Crippen LogP contribution < -0.4 is 26.8 Å². The fraction of sp³-hybridized carbons (Fsp3) is 0.222. The molecular formula is C45H49BrN20O3. The predicted octanol–water partition coefficient (Wildman–Crippen LogP) is 5.63. The van der Waals surface area contributed by atoms with E-state index < -0.39 is 0 Å². The number of nitrogens with zero attached hydrogens (tertiary/aromatic N) is 16. The number of hydrogen-bond acceptors (Lipinski definition) is 18. The topological polar surface area (TPSA) is 303 Å². The number of benzene rings is 2. The Morgan fingerprint density at radius 3 is 2.01 bits per heavy atom. The highest BCUT2D eigenvalue weighted by Gasteiger charge is 2.14. The molecule has 7 N–H and O–H groups in total. The van der Waals surface area contributed by atoms with E-state index in [1.165, 1.54) is 6.07 Å². The Labute approximate surface area is 404 Å². The predicted molar refractivity (Wildman–Crippen MR) is 261 cm³/mol.